The molecule has 2 saturated heterocycles. The van der Waals surface area contributed by atoms with Crippen LogP contribution in [0.3, 0.4) is 0 Å². The van der Waals surface area contributed by atoms with Gasteiger partial charge in [0.1, 0.15) is 11.3 Å². The molecule has 3 aliphatic heterocycles. The zero-order chi connectivity index (χ0) is 21.0. The third kappa shape index (κ3) is 2.67. The van der Waals surface area contributed by atoms with Gasteiger partial charge in [0, 0.05) is 22.3 Å². The summed E-state index contributed by atoms with van der Waals surface area (Å²) in [5.74, 6) is -0.262. The molecular weight excluding hydrogens is 402 g/mol. The number of aryl methyl sites for hydroxylation is 1. The fraction of sp³-hybridized carbons (Fsp3) is 0.391. The fourth-order valence-corrected chi connectivity index (χ4v) is 5.71. The first kappa shape index (κ1) is 19.4. The second kappa shape index (κ2) is 7.00. The van der Waals surface area contributed by atoms with E-state index in [-0.39, 0.29) is 17.9 Å². The third-order valence-electron chi connectivity index (χ3n) is 6.76. The fourth-order valence-electron chi connectivity index (χ4n) is 5.54. The average Bonchev–Trinajstić information content (AvgIpc) is 3.37. The molecule has 30 heavy (non-hydrogen) atoms. The van der Waals surface area contributed by atoms with E-state index in [2.05, 4.69) is 15.5 Å². The molecule has 156 valence electrons. The number of halogens is 1. The van der Waals surface area contributed by atoms with Crippen molar-refractivity contribution in [3.05, 3.63) is 52.5 Å². The molecule has 0 radical (unpaired) electrons. The maximum Gasteiger partial charge on any atom is 0.250 e. The Bertz CT molecular complexity index is 1060. The van der Waals surface area contributed by atoms with Gasteiger partial charge in [0.25, 0.3) is 0 Å². The highest BCUT2D eigenvalue weighted by molar-refractivity contribution is 6.31. The van der Waals surface area contributed by atoms with Crippen LogP contribution in [0.1, 0.15) is 30.4 Å². The second-order valence-electron chi connectivity index (χ2n) is 8.38. The number of hydrogen-bond donors (Lipinski definition) is 2. The lowest BCUT2D eigenvalue weighted by molar-refractivity contribution is -0.135. The molecule has 7 heteroatoms. The molecule has 0 bridgehead atoms. The summed E-state index contributed by atoms with van der Waals surface area (Å²) >= 11 is 6.14. The first-order valence-corrected chi connectivity index (χ1v) is 10.7. The van der Waals surface area contributed by atoms with Crippen molar-refractivity contribution < 1.29 is 14.3 Å². The van der Waals surface area contributed by atoms with E-state index in [0.29, 0.717) is 22.9 Å². The summed E-state index contributed by atoms with van der Waals surface area (Å²) in [6.07, 6.45) is 2.69. The van der Waals surface area contributed by atoms with Crippen molar-refractivity contribution in [3.8, 4) is 5.75 Å². The Morgan fingerprint density at radius 1 is 1.30 bits per heavy atom. The highest BCUT2D eigenvalue weighted by atomic mass is 35.5. The zero-order valence-electron chi connectivity index (χ0n) is 17.0. The van der Waals surface area contributed by atoms with Crippen molar-refractivity contribution in [2.45, 2.75) is 37.8 Å². The molecule has 2 amide bonds. The summed E-state index contributed by atoms with van der Waals surface area (Å²) in [7, 11) is 1.55. The average molecular weight is 426 g/mol. The Kier molecular flexibility index (Phi) is 4.52. The van der Waals surface area contributed by atoms with Crippen LogP contribution in [-0.4, -0.2) is 36.4 Å². The lowest BCUT2D eigenvalue weighted by Crippen LogP contribution is -2.53. The number of nitrogens with one attached hydrogen (secondary N) is 2. The minimum atomic E-state index is -0.974. The maximum absolute atomic E-state index is 13.6. The topological polar surface area (TPSA) is 70.7 Å². The van der Waals surface area contributed by atoms with Crippen LogP contribution in [0.4, 0.5) is 11.4 Å². The monoisotopic (exact) mass is 425 g/mol. The highest BCUT2D eigenvalue weighted by Gasteiger charge is 2.65. The molecule has 3 aliphatic rings. The Hall–Kier alpha value is -2.57. The standard InChI is InChI=1S/C23H24ClN3O3/c1-13-5-7-18-16(10-13)23(22(29)26-18)17(12-15-4-3-9-27(15)23)21(28)25-19-11-14(24)6-8-20(19)30-2/h5-8,10-11,15,17H,3-4,9,12H2,1-2H3,(H,25,28)(H,26,29)/t15-,17+,23-/m0/s1. The van der Waals surface area contributed by atoms with Crippen LogP contribution < -0.4 is 15.4 Å². The number of rotatable bonds is 3. The first-order valence-electron chi connectivity index (χ1n) is 10.3. The molecule has 6 nitrogen and oxygen atoms in total. The summed E-state index contributed by atoms with van der Waals surface area (Å²) in [5, 5.41) is 6.55. The van der Waals surface area contributed by atoms with Crippen molar-refractivity contribution in [1.29, 1.82) is 0 Å². The van der Waals surface area contributed by atoms with Crippen LogP contribution in [0.5, 0.6) is 5.75 Å². The molecule has 0 unspecified atom stereocenters. The summed E-state index contributed by atoms with van der Waals surface area (Å²) in [6, 6.07) is 11.3. The minimum Gasteiger partial charge on any atom is -0.495 e. The summed E-state index contributed by atoms with van der Waals surface area (Å²) < 4.78 is 5.39. The molecule has 2 aromatic carbocycles. The number of amides is 2. The van der Waals surface area contributed by atoms with Gasteiger partial charge in [-0.3, -0.25) is 14.5 Å². The SMILES string of the molecule is COc1ccc(Cl)cc1NC(=O)[C@H]1C[C@@H]2CCCN2[C@]12C(=O)Nc1ccc(C)cc12. The maximum atomic E-state index is 13.6. The van der Waals surface area contributed by atoms with E-state index >= 15 is 0 Å². The molecule has 0 aliphatic carbocycles. The largest absolute Gasteiger partial charge is 0.495 e. The van der Waals surface area contributed by atoms with E-state index in [1.807, 2.05) is 25.1 Å². The Balaban J connectivity index is 1.59. The van der Waals surface area contributed by atoms with E-state index in [1.165, 1.54) is 0 Å². The van der Waals surface area contributed by atoms with Crippen LogP contribution in [0.25, 0.3) is 0 Å². The van der Waals surface area contributed by atoms with Crippen molar-refractivity contribution in [2.24, 2.45) is 5.92 Å². The molecule has 5 rings (SSSR count). The van der Waals surface area contributed by atoms with Crippen molar-refractivity contribution in [1.82, 2.24) is 4.90 Å². The van der Waals surface area contributed by atoms with E-state index < -0.39 is 11.5 Å². The zero-order valence-corrected chi connectivity index (χ0v) is 17.8. The quantitative estimate of drug-likeness (QED) is 0.781. The van der Waals surface area contributed by atoms with E-state index in [0.717, 1.165) is 36.2 Å². The van der Waals surface area contributed by atoms with Crippen molar-refractivity contribution >= 4 is 34.8 Å². The lowest BCUT2D eigenvalue weighted by Gasteiger charge is -2.36. The van der Waals surface area contributed by atoms with Crippen LogP contribution in [0, 0.1) is 12.8 Å². The number of nitrogens with zero attached hydrogens (tertiary/aromatic N) is 1. The van der Waals surface area contributed by atoms with Gasteiger partial charge in [0.05, 0.1) is 18.7 Å². The van der Waals surface area contributed by atoms with Gasteiger partial charge in [-0.1, -0.05) is 29.3 Å². The number of fused-ring (bicyclic) bond motifs is 4. The van der Waals surface area contributed by atoms with Gasteiger partial charge in [0.2, 0.25) is 11.8 Å². The Morgan fingerprint density at radius 2 is 2.13 bits per heavy atom. The number of ether oxygens (including phenoxy) is 1. The number of hydrogen-bond acceptors (Lipinski definition) is 4. The van der Waals surface area contributed by atoms with Crippen LogP contribution in [0.2, 0.25) is 5.02 Å². The lowest BCUT2D eigenvalue weighted by atomic mass is 9.78. The molecular formula is C23H24ClN3O3. The predicted molar refractivity (Wildman–Crippen MR) is 116 cm³/mol. The molecule has 3 atom stereocenters. The molecule has 2 N–H and O–H groups in total. The summed E-state index contributed by atoms with van der Waals surface area (Å²) in [4.78, 5) is 29.3. The highest BCUT2D eigenvalue weighted by Crippen LogP contribution is 2.55. The van der Waals surface area contributed by atoms with E-state index in [9.17, 15) is 9.59 Å². The molecule has 3 heterocycles. The predicted octanol–water partition coefficient (Wildman–Crippen LogP) is 3.93. The van der Waals surface area contributed by atoms with Crippen LogP contribution in [-0.2, 0) is 15.1 Å². The van der Waals surface area contributed by atoms with Crippen LogP contribution >= 0.6 is 11.6 Å². The Labute approximate surface area is 180 Å². The van der Waals surface area contributed by atoms with Gasteiger partial charge in [-0.2, -0.15) is 0 Å². The number of benzene rings is 2. The molecule has 2 fully saturated rings. The molecule has 0 aromatic heterocycles. The number of methoxy groups -OCH3 is 1. The van der Waals surface area contributed by atoms with Gasteiger partial charge in [-0.05, 0) is 57.0 Å². The van der Waals surface area contributed by atoms with Crippen LogP contribution in [0.15, 0.2) is 36.4 Å². The molecule has 1 spiro atoms. The van der Waals surface area contributed by atoms with Gasteiger partial charge in [-0.25, -0.2) is 0 Å². The number of carbonyl (C=O) groups is 2. The minimum absolute atomic E-state index is 0.106. The number of carbonyl (C=O) groups excluding carboxylic acids is 2. The molecule has 2 aromatic rings. The van der Waals surface area contributed by atoms with Gasteiger partial charge < -0.3 is 15.4 Å². The smallest absolute Gasteiger partial charge is 0.250 e. The van der Waals surface area contributed by atoms with Crippen molar-refractivity contribution in [2.75, 3.05) is 24.3 Å². The summed E-state index contributed by atoms with van der Waals surface area (Å²) in [5.41, 5.74) is 2.33. The Morgan fingerprint density at radius 3 is 2.93 bits per heavy atom. The van der Waals surface area contributed by atoms with Gasteiger partial charge >= 0.3 is 0 Å². The second-order valence-corrected chi connectivity index (χ2v) is 8.82. The first-order chi connectivity index (χ1) is 14.4. The van der Waals surface area contributed by atoms with Gasteiger partial charge in [0.15, 0.2) is 0 Å². The van der Waals surface area contributed by atoms with E-state index in [1.54, 1.807) is 25.3 Å². The van der Waals surface area contributed by atoms with Crippen molar-refractivity contribution in [3.63, 3.8) is 0 Å². The molecule has 0 saturated carbocycles. The third-order valence-corrected chi connectivity index (χ3v) is 6.99. The number of anilines is 2. The summed E-state index contributed by atoms with van der Waals surface area (Å²) in [6.45, 7) is 2.83. The van der Waals surface area contributed by atoms with E-state index in [4.69, 9.17) is 16.3 Å². The van der Waals surface area contributed by atoms with Gasteiger partial charge in [-0.15, -0.1) is 0 Å². The normalized spacial score (nSPS) is 27.1.